The van der Waals surface area contributed by atoms with Gasteiger partial charge in [0.15, 0.2) is 0 Å². The summed E-state index contributed by atoms with van der Waals surface area (Å²) in [5.74, 6) is 1.78. The molecule has 1 aliphatic heterocycles. The first-order valence-corrected chi connectivity index (χ1v) is 8.04. The average molecular weight is 339 g/mol. The van der Waals surface area contributed by atoms with Crippen molar-refractivity contribution in [2.24, 2.45) is 0 Å². The quantitative estimate of drug-likeness (QED) is 0.756. The van der Waals surface area contributed by atoms with Crippen LogP contribution in [-0.2, 0) is 0 Å². The Bertz CT molecular complexity index is 939. The zero-order valence-electron chi connectivity index (χ0n) is 13.6. The second kappa shape index (κ2) is 6.04. The fourth-order valence-electron chi connectivity index (χ4n) is 3.08. The lowest BCUT2D eigenvalue weighted by Crippen LogP contribution is -2.30. The topological polar surface area (TPSA) is 104 Å². The monoisotopic (exact) mass is 339 g/mol. The predicted octanol–water partition coefficient (Wildman–Crippen LogP) is 2.76. The second-order valence-electron chi connectivity index (χ2n) is 6.09. The number of aryl methyl sites for hydroxylation is 1. The number of carboxylic acid groups (broad SMARTS) is 1. The number of rotatable bonds is 3. The van der Waals surface area contributed by atoms with Gasteiger partial charge in [-0.05, 0) is 23.9 Å². The first kappa shape index (κ1) is 15.4. The van der Waals surface area contributed by atoms with Crippen LogP contribution in [0, 0.1) is 6.92 Å². The summed E-state index contributed by atoms with van der Waals surface area (Å²) in [5, 5.41) is 18.4. The van der Waals surface area contributed by atoms with Crippen molar-refractivity contribution in [3.05, 3.63) is 36.4 Å². The van der Waals surface area contributed by atoms with Crippen LogP contribution in [0.2, 0.25) is 0 Å². The lowest BCUT2D eigenvalue weighted by atomic mass is 10.1. The number of amides is 1. The van der Waals surface area contributed by atoms with Gasteiger partial charge in [-0.3, -0.25) is 0 Å². The predicted molar refractivity (Wildman–Crippen MR) is 91.4 cm³/mol. The van der Waals surface area contributed by atoms with Crippen molar-refractivity contribution in [1.82, 2.24) is 20.0 Å². The summed E-state index contributed by atoms with van der Waals surface area (Å²) in [4.78, 5) is 21.2. The van der Waals surface area contributed by atoms with Crippen LogP contribution >= 0.6 is 0 Å². The van der Waals surface area contributed by atoms with Gasteiger partial charge in [0, 0.05) is 43.2 Å². The minimum Gasteiger partial charge on any atom is -0.465 e. The molecule has 3 aromatic rings. The van der Waals surface area contributed by atoms with Crippen molar-refractivity contribution >= 4 is 22.7 Å². The number of nitrogens with one attached hydrogen (secondary N) is 1. The van der Waals surface area contributed by atoms with Crippen molar-refractivity contribution in [3.63, 3.8) is 0 Å². The van der Waals surface area contributed by atoms with Crippen LogP contribution in [0.5, 0.6) is 0 Å². The molecule has 0 saturated carbocycles. The molecule has 1 aromatic carbocycles. The second-order valence-corrected chi connectivity index (χ2v) is 6.09. The summed E-state index contributed by atoms with van der Waals surface area (Å²) in [6, 6.07) is 7.88. The number of hydrogen-bond acceptors (Lipinski definition) is 6. The number of hydrogen-bond donors (Lipinski definition) is 2. The lowest BCUT2D eigenvalue weighted by Gasteiger charge is -2.16. The third kappa shape index (κ3) is 2.98. The van der Waals surface area contributed by atoms with Gasteiger partial charge in [0.05, 0.1) is 0 Å². The van der Waals surface area contributed by atoms with E-state index in [9.17, 15) is 4.79 Å². The van der Waals surface area contributed by atoms with Crippen LogP contribution in [0.15, 0.2) is 35.0 Å². The maximum Gasteiger partial charge on any atom is 0.407 e. The highest BCUT2D eigenvalue weighted by molar-refractivity contribution is 5.94. The molecular formula is C17H17N5O3. The van der Waals surface area contributed by atoms with Gasteiger partial charge in [0.25, 0.3) is 0 Å². The minimum atomic E-state index is -0.884. The number of aromatic nitrogens is 3. The first-order chi connectivity index (χ1) is 12.1. The van der Waals surface area contributed by atoms with Crippen LogP contribution in [0.3, 0.4) is 0 Å². The van der Waals surface area contributed by atoms with E-state index in [2.05, 4.69) is 20.4 Å². The van der Waals surface area contributed by atoms with E-state index in [0.29, 0.717) is 24.8 Å². The van der Waals surface area contributed by atoms with Crippen molar-refractivity contribution in [1.29, 1.82) is 0 Å². The Labute approximate surface area is 143 Å². The van der Waals surface area contributed by atoms with Gasteiger partial charge in [-0.1, -0.05) is 17.3 Å². The average Bonchev–Trinajstić information content (AvgIpc) is 3.24. The Morgan fingerprint density at radius 3 is 3.00 bits per heavy atom. The molecule has 128 valence electrons. The van der Waals surface area contributed by atoms with Crippen LogP contribution < -0.4 is 5.32 Å². The highest BCUT2D eigenvalue weighted by Crippen LogP contribution is 2.28. The maximum absolute atomic E-state index is 11.1. The zero-order chi connectivity index (χ0) is 17.4. The third-order valence-electron chi connectivity index (χ3n) is 4.35. The Hall–Kier alpha value is -3.16. The molecule has 1 amide bonds. The van der Waals surface area contributed by atoms with Gasteiger partial charge in [0.1, 0.15) is 5.82 Å². The molecule has 2 aromatic heterocycles. The smallest absolute Gasteiger partial charge is 0.407 e. The van der Waals surface area contributed by atoms with E-state index in [1.807, 2.05) is 24.3 Å². The van der Waals surface area contributed by atoms with Crippen LogP contribution in [0.25, 0.3) is 22.2 Å². The third-order valence-corrected chi connectivity index (χ3v) is 4.35. The molecule has 2 N–H and O–H groups in total. The van der Waals surface area contributed by atoms with Gasteiger partial charge in [-0.15, -0.1) is 0 Å². The molecule has 4 rings (SSSR count). The normalized spacial score (nSPS) is 17.2. The zero-order valence-corrected chi connectivity index (χ0v) is 13.6. The lowest BCUT2D eigenvalue weighted by molar-refractivity contribution is 0.155. The molecule has 0 spiro atoms. The minimum absolute atomic E-state index is 0.0466. The van der Waals surface area contributed by atoms with E-state index in [1.54, 1.807) is 13.1 Å². The van der Waals surface area contributed by atoms with Crippen molar-refractivity contribution in [2.45, 2.75) is 19.4 Å². The van der Waals surface area contributed by atoms with Crippen molar-refractivity contribution in [2.75, 3.05) is 18.4 Å². The van der Waals surface area contributed by atoms with E-state index >= 15 is 0 Å². The molecular weight excluding hydrogens is 322 g/mol. The summed E-state index contributed by atoms with van der Waals surface area (Å²) < 4.78 is 5.05. The van der Waals surface area contributed by atoms with Gasteiger partial charge >= 0.3 is 6.09 Å². The number of carbonyl (C=O) groups is 1. The fourth-order valence-corrected chi connectivity index (χ4v) is 3.08. The molecule has 1 aliphatic rings. The number of fused-ring (bicyclic) bond motifs is 1. The van der Waals surface area contributed by atoms with E-state index < -0.39 is 6.09 Å². The Morgan fingerprint density at radius 2 is 2.28 bits per heavy atom. The van der Waals surface area contributed by atoms with Gasteiger partial charge < -0.3 is 19.8 Å². The standard InChI is InChI=1S/C17H17N5O3/c1-10-19-15(21-25-10)12-3-2-11-4-6-18-16(14(11)8-12)20-13-5-7-22(9-13)17(23)24/h2-4,6,8,13H,5,7,9H2,1H3,(H,18,20)(H,23,24)/t13-/m0/s1. The molecule has 0 bridgehead atoms. The van der Waals surface area contributed by atoms with Gasteiger partial charge in [0.2, 0.25) is 11.7 Å². The van der Waals surface area contributed by atoms with E-state index in [-0.39, 0.29) is 6.04 Å². The Morgan fingerprint density at radius 1 is 1.40 bits per heavy atom. The summed E-state index contributed by atoms with van der Waals surface area (Å²) in [6.07, 6.45) is 1.62. The first-order valence-electron chi connectivity index (χ1n) is 8.04. The van der Waals surface area contributed by atoms with Crippen LogP contribution in [0.1, 0.15) is 12.3 Å². The Balaban J connectivity index is 1.65. The van der Waals surface area contributed by atoms with E-state index in [0.717, 1.165) is 28.6 Å². The molecule has 8 nitrogen and oxygen atoms in total. The highest BCUT2D eigenvalue weighted by atomic mass is 16.5. The van der Waals surface area contributed by atoms with Crippen LogP contribution in [-0.4, -0.2) is 50.4 Å². The highest BCUT2D eigenvalue weighted by Gasteiger charge is 2.26. The van der Waals surface area contributed by atoms with Gasteiger partial charge in [-0.25, -0.2) is 9.78 Å². The van der Waals surface area contributed by atoms with Gasteiger partial charge in [-0.2, -0.15) is 4.98 Å². The van der Waals surface area contributed by atoms with E-state index in [1.165, 1.54) is 4.90 Å². The summed E-state index contributed by atoms with van der Waals surface area (Å²) in [6.45, 7) is 2.74. The van der Waals surface area contributed by atoms with Crippen molar-refractivity contribution in [3.8, 4) is 11.4 Å². The largest absolute Gasteiger partial charge is 0.465 e. The molecule has 1 saturated heterocycles. The van der Waals surface area contributed by atoms with Crippen molar-refractivity contribution < 1.29 is 14.4 Å². The summed E-state index contributed by atoms with van der Waals surface area (Å²) in [5.41, 5.74) is 0.846. The molecule has 1 atom stereocenters. The molecule has 0 aliphatic carbocycles. The van der Waals surface area contributed by atoms with E-state index in [4.69, 9.17) is 9.63 Å². The summed E-state index contributed by atoms with van der Waals surface area (Å²) >= 11 is 0. The number of benzene rings is 1. The molecule has 25 heavy (non-hydrogen) atoms. The number of anilines is 1. The molecule has 8 heteroatoms. The molecule has 0 unspecified atom stereocenters. The molecule has 1 fully saturated rings. The number of likely N-dealkylation sites (tertiary alicyclic amines) is 1. The fraction of sp³-hybridized carbons (Fsp3) is 0.294. The molecule has 0 radical (unpaired) electrons. The van der Waals surface area contributed by atoms with Crippen LogP contribution in [0.4, 0.5) is 10.6 Å². The summed E-state index contributed by atoms with van der Waals surface area (Å²) in [7, 11) is 0. The number of nitrogens with zero attached hydrogens (tertiary/aromatic N) is 4. The maximum atomic E-state index is 11.1. The molecule has 3 heterocycles. The SMILES string of the molecule is Cc1nc(-c2ccc3ccnc(N[C@H]4CCN(C(=O)O)C4)c3c2)no1. The number of pyridine rings is 1. The Kier molecular flexibility index (Phi) is 3.72.